The fourth-order valence-corrected chi connectivity index (χ4v) is 6.06. The summed E-state index contributed by atoms with van der Waals surface area (Å²) in [4.78, 5) is 12.4. The number of carbonyl (C=O) groups excluding carboxylic acids is 1. The molecule has 2 N–H and O–H groups in total. The summed E-state index contributed by atoms with van der Waals surface area (Å²) in [6, 6.07) is 11.9. The Balaban J connectivity index is 1.22. The van der Waals surface area contributed by atoms with E-state index in [4.69, 9.17) is 0 Å². The van der Waals surface area contributed by atoms with Crippen molar-refractivity contribution >= 4 is 18.2 Å². The van der Waals surface area contributed by atoms with Crippen LogP contribution < -0.4 is 5.43 Å². The van der Waals surface area contributed by atoms with E-state index in [1.165, 1.54) is 38.5 Å². The largest absolute Gasteiger partial charge is 0.291 e. The highest BCUT2D eigenvalue weighted by Crippen LogP contribution is 2.60. The lowest BCUT2D eigenvalue weighted by molar-refractivity contribution is -0.00721. The highest BCUT2D eigenvalue weighted by atomic mass is 16.2. The first-order chi connectivity index (χ1) is 13.7. The number of hydrazone groups is 1. The van der Waals surface area contributed by atoms with Gasteiger partial charge in [0.25, 0.3) is 5.91 Å². The Morgan fingerprint density at radius 1 is 1.11 bits per heavy atom. The van der Waals surface area contributed by atoms with Crippen LogP contribution in [0.3, 0.4) is 0 Å². The second-order valence-electron chi connectivity index (χ2n) is 8.85. The molecule has 2 aromatic rings. The first-order valence-corrected chi connectivity index (χ1v) is 10.3. The van der Waals surface area contributed by atoms with Gasteiger partial charge in [0.2, 0.25) is 0 Å². The minimum absolute atomic E-state index is 0.224. The minimum Gasteiger partial charge on any atom is -0.281 e. The molecule has 1 heterocycles. The van der Waals surface area contributed by atoms with Crippen LogP contribution in [0.4, 0.5) is 0 Å². The zero-order valence-corrected chi connectivity index (χ0v) is 16.0. The van der Waals surface area contributed by atoms with Crippen LogP contribution in [-0.2, 0) is 5.41 Å². The third kappa shape index (κ3) is 3.30. The number of hydrogen-bond acceptors (Lipinski definition) is 3. The first kappa shape index (κ1) is 17.4. The van der Waals surface area contributed by atoms with Gasteiger partial charge in [-0.1, -0.05) is 36.4 Å². The van der Waals surface area contributed by atoms with E-state index in [1.54, 1.807) is 12.3 Å². The summed E-state index contributed by atoms with van der Waals surface area (Å²) in [5.41, 5.74) is 5.47. The van der Waals surface area contributed by atoms with Crippen molar-refractivity contribution in [3.63, 3.8) is 0 Å². The van der Waals surface area contributed by atoms with E-state index in [0.29, 0.717) is 5.69 Å². The Hall–Kier alpha value is -2.69. The highest BCUT2D eigenvalue weighted by molar-refractivity contribution is 5.93. The lowest BCUT2D eigenvalue weighted by Gasteiger charge is -2.56. The number of nitrogens with zero attached hydrogens (tertiary/aromatic N) is 2. The van der Waals surface area contributed by atoms with Gasteiger partial charge in [0.1, 0.15) is 0 Å². The molecule has 0 radical (unpaired) electrons. The predicted octanol–water partition coefficient (Wildman–Crippen LogP) is 4.31. The van der Waals surface area contributed by atoms with Crippen molar-refractivity contribution in [2.45, 2.75) is 43.9 Å². The number of aromatic nitrogens is 2. The molecule has 4 bridgehead atoms. The number of benzene rings is 1. The van der Waals surface area contributed by atoms with Crippen LogP contribution in [0.1, 0.15) is 60.3 Å². The Bertz CT molecular complexity index is 876. The van der Waals surface area contributed by atoms with Gasteiger partial charge in [0, 0.05) is 17.3 Å². The van der Waals surface area contributed by atoms with Gasteiger partial charge in [-0.2, -0.15) is 10.2 Å². The molecule has 5 nitrogen and oxygen atoms in total. The van der Waals surface area contributed by atoms with E-state index in [9.17, 15) is 4.79 Å². The summed E-state index contributed by atoms with van der Waals surface area (Å²) in [6.45, 7) is 0. The van der Waals surface area contributed by atoms with E-state index < -0.39 is 0 Å². The van der Waals surface area contributed by atoms with Gasteiger partial charge in [-0.15, -0.1) is 0 Å². The summed E-state index contributed by atoms with van der Waals surface area (Å²) in [5.74, 6) is 2.34. The van der Waals surface area contributed by atoms with Crippen LogP contribution in [0, 0.1) is 17.8 Å². The van der Waals surface area contributed by atoms with E-state index in [2.05, 4.69) is 20.7 Å². The maximum atomic E-state index is 12.4. The smallest absolute Gasteiger partial charge is 0.281 e. The molecule has 1 aromatic heterocycles. The zero-order valence-electron chi connectivity index (χ0n) is 16.0. The van der Waals surface area contributed by atoms with Crippen LogP contribution in [0.25, 0.3) is 6.08 Å². The van der Waals surface area contributed by atoms with Gasteiger partial charge in [0.05, 0.1) is 0 Å². The van der Waals surface area contributed by atoms with E-state index >= 15 is 0 Å². The molecule has 6 rings (SSSR count). The molecular weight excluding hydrogens is 348 g/mol. The molecule has 1 aromatic carbocycles. The van der Waals surface area contributed by atoms with Crippen molar-refractivity contribution < 1.29 is 4.79 Å². The molecular formula is C23H26N4O. The van der Waals surface area contributed by atoms with E-state index in [1.807, 2.05) is 42.5 Å². The molecule has 0 saturated heterocycles. The van der Waals surface area contributed by atoms with Crippen LogP contribution >= 0.6 is 0 Å². The fraction of sp³-hybridized carbons (Fsp3) is 0.435. The number of carbonyl (C=O) groups is 1. The second kappa shape index (κ2) is 7.04. The maximum Gasteiger partial charge on any atom is 0.291 e. The predicted molar refractivity (Wildman–Crippen MR) is 110 cm³/mol. The molecule has 0 unspecified atom stereocenters. The van der Waals surface area contributed by atoms with Gasteiger partial charge in [-0.05, 0) is 74.0 Å². The lowest BCUT2D eigenvalue weighted by Crippen LogP contribution is -2.48. The van der Waals surface area contributed by atoms with Crippen molar-refractivity contribution in [2.24, 2.45) is 22.9 Å². The average Bonchev–Trinajstić information content (AvgIpc) is 3.19. The Morgan fingerprint density at radius 2 is 1.79 bits per heavy atom. The zero-order chi connectivity index (χ0) is 19.0. The summed E-state index contributed by atoms with van der Waals surface area (Å²) >= 11 is 0. The summed E-state index contributed by atoms with van der Waals surface area (Å²) in [6.07, 6.45) is 13.3. The number of allylic oxidation sites excluding steroid dienone is 1. The van der Waals surface area contributed by atoms with Crippen LogP contribution in [0.15, 0.2) is 47.6 Å². The van der Waals surface area contributed by atoms with Gasteiger partial charge in [-0.25, -0.2) is 5.43 Å². The van der Waals surface area contributed by atoms with Crippen LogP contribution in [0.5, 0.6) is 0 Å². The third-order valence-corrected chi connectivity index (χ3v) is 6.84. The van der Waals surface area contributed by atoms with Crippen LogP contribution in [0.2, 0.25) is 0 Å². The molecule has 0 spiro atoms. The number of H-pyrrole nitrogens is 1. The molecule has 4 saturated carbocycles. The quantitative estimate of drug-likeness (QED) is 0.605. The minimum atomic E-state index is -0.267. The molecule has 5 heteroatoms. The molecule has 28 heavy (non-hydrogen) atoms. The van der Waals surface area contributed by atoms with E-state index in [0.717, 1.165) is 29.0 Å². The van der Waals surface area contributed by atoms with Gasteiger partial charge in [-0.3, -0.25) is 9.89 Å². The topological polar surface area (TPSA) is 70.1 Å². The summed E-state index contributed by atoms with van der Waals surface area (Å²) in [7, 11) is 0. The van der Waals surface area contributed by atoms with Crippen molar-refractivity contribution in [3.05, 3.63) is 59.4 Å². The lowest BCUT2D eigenvalue weighted by atomic mass is 9.49. The Morgan fingerprint density at radius 3 is 2.46 bits per heavy atom. The number of rotatable bonds is 5. The average molecular weight is 374 g/mol. The number of nitrogens with one attached hydrogen (secondary N) is 2. The Kier molecular flexibility index (Phi) is 4.38. The molecule has 4 aliphatic rings. The fourth-order valence-electron chi connectivity index (χ4n) is 6.06. The number of aromatic amines is 1. The van der Waals surface area contributed by atoms with Gasteiger partial charge >= 0.3 is 0 Å². The highest BCUT2D eigenvalue weighted by Gasteiger charge is 2.52. The number of amides is 1. The van der Waals surface area contributed by atoms with E-state index in [-0.39, 0.29) is 11.3 Å². The molecule has 4 fully saturated rings. The summed E-state index contributed by atoms with van der Waals surface area (Å²) in [5, 5.41) is 11.5. The maximum absolute atomic E-state index is 12.4. The third-order valence-electron chi connectivity index (χ3n) is 6.84. The molecule has 0 atom stereocenters. The molecule has 0 aliphatic heterocycles. The Labute approximate surface area is 165 Å². The van der Waals surface area contributed by atoms with Crippen LogP contribution in [-0.4, -0.2) is 22.3 Å². The standard InChI is InChI=1S/C23H26N4O/c28-22(27-24-8-4-7-16-5-2-1-3-6-16)20-12-21(26-25-20)23-13-17-9-18(14-23)11-19(10-17)15-23/h1-8,12,17-19H,9-11,13-15H2,(H,25,26)(H,27,28). The molecule has 4 aliphatic carbocycles. The molecule has 144 valence electrons. The van der Waals surface area contributed by atoms with Gasteiger partial charge < -0.3 is 0 Å². The SMILES string of the molecule is O=C(NN=CC=Cc1ccccc1)c1cc(C23CC4CC(CC(C4)C2)C3)[nH]n1. The van der Waals surface area contributed by atoms with Crippen molar-refractivity contribution in [1.82, 2.24) is 15.6 Å². The van der Waals surface area contributed by atoms with Crippen molar-refractivity contribution in [2.75, 3.05) is 0 Å². The first-order valence-electron chi connectivity index (χ1n) is 10.3. The normalized spacial score (nSPS) is 31.1. The van der Waals surface area contributed by atoms with Crippen molar-refractivity contribution in [3.8, 4) is 0 Å². The number of hydrogen-bond donors (Lipinski definition) is 2. The van der Waals surface area contributed by atoms with Crippen molar-refractivity contribution in [1.29, 1.82) is 0 Å². The second-order valence-corrected chi connectivity index (χ2v) is 8.85. The van der Waals surface area contributed by atoms with Gasteiger partial charge in [0.15, 0.2) is 5.69 Å². The molecule has 1 amide bonds. The monoisotopic (exact) mass is 374 g/mol. The summed E-state index contributed by atoms with van der Waals surface area (Å²) < 4.78 is 0.